The fraction of sp³-hybridized carbons (Fsp3) is 0.333. The third kappa shape index (κ3) is 3.07. The molecule has 5 heteroatoms. The Labute approximate surface area is 114 Å². The highest BCUT2D eigenvalue weighted by molar-refractivity contribution is 9.10. The molecule has 90 valence electrons. The van der Waals surface area contributed by atoms with Crippen LogP contribution in [0.2, 0.25) is 0 Å². The minimum absolute atomic E-state index is 0.654. The average molecular weight is 315 g/mol. The third-order valence-electron chi connectivity index (χ3n) is 2.46. The number of hydrogen-bond acceptors (Lipinski definition) is 2. The maximum Gasteiger partial charge on any atom is 0.0832 e. The summed E-state index contributed by atoms with van der Waals surface area (Å²) >= 11 is 9.19. The maximum atomic E-state index is 5.66. The normalized spacial score (nSPS) is 10.8. The lowest BCUT2D eigenvalue weighted by molar-refractivity contribution is 0.789. The van der Waals surface area contributed by atoms with E-state index in [4.69, 9.17) is 11.6 Å². The van der Waals surface area contributed by atoms with Gasteiger partial charge in [0.1, 0.15) is 0 Å². The van der Waals surface area contributed by atoms with Gasteiger partial charge in [0.25, 0.3) is 0 Å². The van der Waals surface area contributed by atoms with Crippen molar-refractivity contribution in [2.24, 2.45) is 0 Å². The molecular weight excluding hydrogens is 302 g/mol. The zero-order valence-corrected chi connectivity index (χ0v) is 11.9. The Morgan fingerprint density at radius 1 is 1.41 bits per heavy atom. The molecule has 0 radical (unpaired) electrons. The molecule has 0 aliphatic carbocycles. The Morgan fingerprint density at radius 2 is 2.24 bits per heavy atom. The van der Waals surface area contributed by atoms with Crippen molar-refractivity contribution in [1.29, 1.82) is 0 Å². The average Bonchev–Trinajstić information content (AvgIpc) is 2.75. The minimum Gasteiger partial charge on any atom is -0.219 e. The van der Waals surface area contributed by atoms with Crippen LogP contribution in [0.4, 0.5) is 0 Å². The Bertz CT molecular complexity index is 510. The second kappa shape index (κ2) is 5.65. The molecule has 0 atom stereocenters. The summed E-state index contributed by atoms with van der Waals surface area (Å²) in [6.45, 7) is 2.06. The molecule has 0 N–H and O–H groups in total. The van der Waals surface area contributed by atoms with Crippen LogP contribution in [-0.2, 0) is 6.42 Å². The molecule has 0 saturated carbocycles. The fourth-order valence-corrected chi connectivity index (χ4v) is 2.38. The first-order chi connectivity index (χ1) is 8.20. The van der Waals surface area contributed by atoms with Gasteiger partial charge in [-0.15, -0.1) is 16.7 Å². The van der Waals surface area contributed by atoms with Crippen LogP contribution in [0.5, 0.6) is 0 Å². The molecule has 0 unspecified atom stereocenters. The van der Waals surface area contributed by atoms with Crippen molar-refractivity contribution in [3.8, 4) is 5.69 Å². The topological polar surface area (TPSA) is 30.7 Å². The summed E-state index contributed by atoms with van der Waals surface area (Å²) in [5, 5.41) is 8.25. The van der Waals surface area contributed by atoms with Gasteiger partial charge in [-0.3, -0.25) is 0 Å². The lowest BCUT2D eigenvalue weighted by Gasteiger charge is -2.03. The number of nitrogens with zero attached hydrogens (tertiary/aromatic N) is 3. The van der Waals surface area contributed by atoms with E-state index in [1.54, 1.807) is 4.68 Å². The van der Waals surface area contributed by atoms with Crippen molar-refractivity contribution >= 4 is 27.5 Å². The van der Waals surface area contributed by atoms with E-state index in [0.29, 0.717) is 5.88 Å². The Hall–Kier alpha value is -0.870. The summed E-state index contributed by atoms with van der Waals surface area (Å²) in [5.41, 5.74) is 3.18. The van der Waals surface area contributed by atoms with Crippen molar-refractivity contribution in [2.75, 3.05) is 5.88 Å². The highest BCUT2D eigenvalue weighted by Crippen LogP contribution is 2.21. The van der Waals surface area contributed by atoms with Gasteiger partial charge in [0.15, 0.2) is 0 Å². The number of rotatable bonds is 4. The quantitative estimate of drug-likeness (QED) is 0.809. The summed E-state index contributed by atoms with van der Waals surface area (Å²) in [4.78, 5) is 0. The van der Waals surface area contributed by atoms with Crippen molar-refractivity contribution in [3.05, 3.63) is 40.1 Å². The van der Waals surface area contributed by atoms with Crippen LogP contribution in [-0.4, -0.2) is 20.9 Å². The molecule has 2 rings (SSSR count). The molecule has 1 aromatic carbocycles. The van der Waals surface area contributed by atoms with Gasteiger partial charge in [0, 0.05) is 10.4 Å². The van der Waals surface area contributed by atoms with Crippen LogP contribution in [0, 0.1) is 6.92 Å². The largest absolute Gasteiger partial charge is 0.219 e. The van der Waals surface area contributed by atoms with Crippen LogP contribution in [0.3, 0.4) is 0 Å². The molecular formula is C12H13BrClN3. The maximum absolute atomic E-state index is 5.66. The number of hydrogen-bond donors (Lipinski definition) is 0. The van der Waals surface area contributed by atoms with Crippen LogP contribution < -0.4 is 0 Å². The molecule has 0 aliphatic rings. The zero-order chi connectivity index (χ0) is 12.3. The predicted molar refractivity (Wildman–Crippen MR) is 72.8 cm³/mol. The molecule has 1 aromatic heterocycles. The lowest BCUT2D eigenvalue weighted by atomic mass is 10.2. The molecule has 1 heterocycles. The SMILES string of the molecule is Cc1ccc(-n2cc(CCCCl)nn2)c(Br)c1. The standard InChI is InChI=1S/C12H13BrClN3/c1-9-4-5-12(11(13)7-9)17-8-10(15-16-17)3-2-6-14/h4-5,7-8H,2-3,6H2,1H3. The van der Waals surface area contributed by atoms with E-state index in [2.05, 4.69) is 45.3 Å². The Kier molecular flexibility index (Phi) is 4.18. The zero-order valence-electron chi connectivity index (χ0n) is 9.53. The van der Waals surface area contributed by atoms with Crippen molar-refractivity contribution in [3.63, 3.8) is 0 Å². The molecule has 0 saturated heterocycles. The second-order valence-corrected chi connectivity index (χ2v) is 5.13. The summed E-state index contributed by atoms with van der Waals surface area (Å²) in [7, 11) is 0. The van der Waals surface area contributed by atoms with Crippen LogP contribution in [0.1, 0.15) is 17.7 Å². The number of aryl methyl sites for hydroxylation is 2. The van der Waals surface area contributed by atoms with Crippen LogP contribution >= 0.6 is 27.5 Å². The number of halogens is 2. The van der Waals surface area contributed by atoms with Gasteiger partial charge < -0.3 is 0 Å². The number of aromatic nitrogens is 3. The van der Waals surface area contributed by atoms with Gasteiger partial charge in [-0.2, -0.15) is 0 Å². The van der Waals surface area contributed by atoms with Gasteiger partial charge in [-0.1, -0.05) is 11.3 Å². The molecule has 0 fully saturated rings. The summed E-state index contributed by atoms with van der Waals surface area (Å²) in [5.74, 6) is 0.654. The summed E-state index contributed by atoms with van der Waals surface area (Å²) in [6, 6.07) is 6.15. The van der Waals surface area contributed by atoms with Crippen molar-refractivity contribution in [1.82, 2.24) is 15.0 Å². The predicted octanol–water partition coefficient (Wildman–Crippen LogP) is 3.51. The van der Waals surface area contributed by atoms with Crippen LogP contribution in [0.25, 0.3) is 5.69 Å². The first kappa shape index (κ1) is 12.6. The van der Waals surface area contributed by atoms with E-state index in [-0.39, 0.29) is 0 Å². The van der Waals surface area contributed by atoms with Crippen molar-refractivity contribution in [2.45, 2.75) is 19.8 Å². The molecule has 3 nitrogen and oxygen atoms in total. The Balaban J connectivity index is 2.24. The third-order valence-corrected chi connectivity index (χ3v) is 3.36. The van der Waals surface area contributed by atoms with Gasteiger partial charge in [-0.05, 0) is 53.4 Å². The number of alkyl halides is 1. The van der Waals surface area contributed by atoms with E-state index >= 15 is 0 Å². The van der Waals surface area contributed by atoms with Gasteiger partial charge >= 0.3 is 0 Å². The van der Waals surface area contributed by atoms with E-state index in [1.807, 2.05) is 12.3 Å². The highest BCUT2D eigenvalue weighted by atomic mass is 79.9. The molecule has 0 amide bonds. The number of benzene rings is 1. The molecule has 0 aliphatic heterocycles. The molecule has 0 spiro atoms. The van der Waals surface area contributed by atoms with E-state index < -0.39 is 0 Å². The van der Waals surface area contributed by atoms with Crippen molar-refractivity contribution < 1.29 is 0 Å². The first-order valence-electron chi connectivity index (χ1n) is 5.44. The summed E-state index contributed by atoms with van der Waals surface area (Å²) < 4.78 is 2.80. The van der Waals surface area contributed by atoms with Gasteiger partial charge in [0.05, 0.1) is 17.6 Å². The van der Waals surface area contributed by atoms with E-state index in [1.165, 1.54) is 5.56 Å². The monoisotopic (exact) mass is 313 g/mol. The second-order valence-electron chi connectivity index (χ2n) is 3.90. The van der Waals surface area contributed by atoms with Crippen LogP contribution in [0.15, 0.2) is 28.9 Å². The first-order valence-corrected chi connectivity index (χ1v) is 6.77. The van der Waals surface area contributed by atoms with Gasteiger partial charge in [-0.25, -0.2) is 4.68 Å². The molecule has 17 heavy (non-hydrogen) atoms. The smallest absolute Gasteiger partial charge is 0.0832 e. The summed E-state index contributed by atoms with van der Waals surface area (Å²) in [6.07, 6.45) is 3.74. The highest BCUT2D eigenvalue weighted by Gasteiger charge is 2.06. The fourth-order valence-electron chi connectivity index (χ4n) is 1.58. The van der Waals surface area contributed by atoms with Gasteiger partial charge in [0.2, 0.25) is 0 Å². The molecule has 2 aromatic rings. The van der Waals surface area contributed by atoms with E-state index in [9.17, 15) is 0 Å². The lowest BCUT2D eigenvalue weighted by Crippen LogP contribution is -1.96. The van der Waals surface area contributed by atoms with E-state index in [0.717, 1.165) is 28.7 Å². The Morgan fingerprint density at radius 3 is 2.94 bits per heavy atom. The molecule has 0 bridgehead atoms. The minimum atomic E-state index is 0.654.